The minimum atomic E-state index is -0.640. The highest BCUT2D eigenvalue weighted by Gasteiger charge is 2.27. The van der Waals surface area contributed by atoms with Crippen molar-refractivity contribution in [2.24, 2.45) is 0 Å². The summed E-state index contributed by atoms with van der Waals surface area (Å²) in [6, 6.07) is 13.4. The Labute approximate surface area is 130 Å². The Morgan fingerprint density at radius 3 is 2.73 bits per heavy atom. The number of amides is 1. The van der Waals surface area contributed by atoms with Crippen LogP contribution in [0, 0.1) is 6.92 Å². The van der Waals surface area contributed by atoms with E-state index in [1.165, 1.54) is 0 Å². The van der Waals surface area contributed by atoms with Gasteiger partial charge in [0.25, 0.3) is 5.91 Å². The molecule has 114 valence electrons. The van der Waals surface area contributed by atoms with Crippen LogP contribution in [-0.2, 0) is 11.2 Å². The van der Waals surface area contributed by atoms with E-state index in [4.69, 9.17) is 9.47 Å². The van der Waals surface area contributed by atoms with Gasteiger partial charge in [0.1, 0.15) is 6.61 Å². The van der Waals surface area contributed by atoms with Crippen LogP contribution in [0.1, 0.15) is 18.1 Å². The maximum atomic E-state index is 12.5. The van der Waals surface area contributed by atoms with Crippen molar-refractivity contribution in [1.29, 1.82) is 0 Å². The molecule has 4 heteroatoms. The molecule has 0 radical (unpaired) electrons. The van der Waals surface area contributed by atoms with Crippen LogP contribution in [-0.4, -0.2) is 18.6 Å². The zero-order valence-corrected chi connectivity index (χ0v) is 12.8. The molecule has 0 spiro atoms. The molecular weight excluding hydrogens is 278 g/mol. The van der Waals surface area contributed by atoms with Crippen molar-refractivity contribution in [1.82, 2.24) is 0 Å². The minimum absolute atomic E-state index is 0.182. The van der Waals surface area contributed by atoms with E-state index in [1.807, 2.05) is 43.3 Å². The molecule has 1 atom stereocenters. The van der Waals surface area contributed by atoms with Crippen LogP contribution < -0.4 is 14.8 Å². The number of hydrogen-bond donors (Lipinski definition) is 1. The zero-order valence-electron chi connectivity index (χ0n) is 12.8. The van der Waals surface area contributed by atoms with Crippen LogP contribution >= 0.6 is 0 Å². The van der Waals surface area contributed by atoms with Crippen LogP contribution in [0.4, 0.5) is 5.69 Å². The average Bonchev–Trinajstić information content (AvgIpc) is 2.56. The molecule has 2 aromatic rings. The summed E-state index contributed by atoms with van der Waals surface area (Å²) in [4.78, 5) is 12.5. The van der Waals surface area contributed by atoms with Crippen molar-refractivity contribution >= 4 is 11.6 Å². The average molecular weight is 297 g/mol. The third-order valence-corrected chi connectivity index (χ3v) is 3.79. The van der Waals surface area contributed by atoms with Crippen molar-refractivity contribution in [3.05, 3.63) is 53.6 Å². The third kappa shape index (κ3) is 2.77. The largest absolute Gasteiger partial charge is 0.485 e. The summed E-state index contributed by atoms with van der Waals surface area (Å²) < 4.78 is 11.3. The smallest absolute Gasteiger partial charge is 0.269 e. The molecule has 22 heavy (non-hydrogen) atoms. The van der Waals surface area contributed by atoms with E-state index in [0.29, 0.717) is 11.5 Å². The molecule has 4 nitrogen and oxygen atoms in total. The third-order valence-electron chi connectivity index (χ3n) is 3.79. The molecule has 0 bridgehead atoms. The van der Waals surface area contributed by atoms with Gasteiger partial charge in [0.05, 0.1) is 0 Å². The lowest BCUT2D eigenvalue weighted by Gasteiger charge is -2.26. The number of ether oxygens (including phenoxy) is 2. The van der Waals surface area contributed by atoms with Gasteiger partial charge in [-0.2, -0.15) is 0 Å². The molecule has 3 rings (SSSR count). The SMILES string of the molecule is CCc1cccc(C)c1NC(=O)C1COc2ccccc2O1. The summed E-state index contributed by atoms with van der Waals surface area (Å²) in [5.41, 5.74) is 3.03. The fourth-order valence-corrected chi connectivity index (χ4v) is 2.55. The Morgan fingerprint density at radius 1 is 1.18 bits per heavy atom. The van der Waals surface area contributed by atoms with Gasteiger partial charge < -0.3 is 14.8 Å². The normalized spacial score (nSPS) is 16.2. The molecule has 0 saturated heterocycles. The Bertz CT molecular complexity index is 696. The molecule has 1 unspecified atom stereocenters. The number of aryl methyl sites for hydroxylation is 2. The Morgan fingerprint density at radius 2 is 1.95 bits per heavy atom. The van der Waals surface area contributed by atoms with Crippen molar-refractivity contribution in [3.8, 4) is 11.5 Å². The zero-order chi connectivity index (χ0) is 15.5. The van der Waals surface area contributed by atoms with Crippen LogP contribution in [0.2, 0.25) is 0 Å². The molecule has 1 heterocycles. The Balaban J connectivity index is 1.77. The van der Waals surface area contributed by atoms with Gasteiger partial charge in [-0.25, -0.2) is 0 Å². The van der Waals surface area contributed by atoms with Gasteiger partial charge in [0.15, 0.2) is 11.5 Å². The van der Waals surface area contributed by atoms with E-state index < -0.39 is 6.10 Å². The number of para-hydroxylation sites is 3. The molecule has 0 fully saturated rings. The second kappa shape index (κ2) is 6.10. The quantitative estimate of drug-likeness (QED) is 0.945. The molecule has 1 aliphatic heterocycles. The first-order chi connectivity index (χ1) is 10.7. The summed E-state index contributed by atoms with van der Waals surface area (Å²) in [6.45, 7) is 4.28. The maximum absolute atomic E-state index is 12.5. The number of fused-ring (bicyclic) bond motifs is 1. The molecule has 2 aromatic carbocycles. The number of anilines is 1. The van der Waals surface area contributed by atoms with Crippen molar-refractivity contribution in [3.63, 3.8) is 0 Å². The lowest BCUT2D eigenvalue weighted by atomic mass is 10.1. The van der Waals surface area contributed by atoms with E-state index in [0.717, 1.165) is 23.2 Å². The number of hydrogen-bond acceptors (Lipinski definition) is 3. The topological polar surface area (TPSA) is 47.6 Å². The van der Waals surface area contributed by atoms with E-state index in [-0.39, 0.29) is 12.5 Å². The first-order valence-electron chi connectivity index (χ1n) is 7.47. The molecule has 0 aromatic heterocycles. The van der Waals surface area contributed by atoms with Gasteiger partial charge in [0.2, 0.25) is 6.10 Å². The lowest BCUT2D eigenvalue weighted by Crippen LogP contribution is -2.40. The van der Waals surface area contributed by atoms with Gasteiger partial charge in [-0.1, -0.05) is 37.3 Å². The van der Waals surface area contributed by atoms with Crippen molar-refractivity contribution in [2.75, 3.05) is 11.9 Å². The predicted octanol–water partition coefficient (Wildman–Crippen LogP) is 3.34. The summed E-state index contributed by atoms with van der Waals surface area (Å²) >= 11 is 0. The molecule has 1 N–H and O–H groups in total. The number of carbonyl (C=O) groups excluding carboxylic acids is 1. The molecule has 0 saturated carbocycles. The summed E-state index contributed by atoms with van der Waals surface area (Å²) in [7, 11) is 0. The second-order valence-electron chi connectivity index (χ2n) is 5.32. The fourth-order valence-electron chi connectivity index (χ4n) is 2.55. The van der Waals surface area contributed by atoms with Crippen molar-refractivity contribution < 1.29 is 14.3 Å². The summed E-state index contributed by atoms with van der Waals surface area (Å²) in [5.74, 6) is 1.10. The van der Waals surface area contributed by atoms with Gasteiger partial charge in [-0.05, 0) is 36.6 Å². The van der Waals surface area contributed by atoms with E-state index in [1.54, 1.807) is 6.07 Å². The summed E-state index contributed by atoms with van der Waals surface area (Å²) in [6.07, 6.45) is 0.224. The van der Waals surface area contributed by atoms with Crippen LogP contribution in [0.15, 0.2) is 42.5 Å². The maximum Gasteiger partial charge on any atom is 0.269 e. The number of rotatable bonds is 3. The number of carbonyl (C=O) groups is 1. The van der Waals surface area contributed by atoms with Gasteiger partial charge >= 0.3 is 0 Å². The van der Waals surface area contributed by atoms with Crippen LogP contribution in [0.25, 0.3) is 0 Å². The highest BCUT2D eigenvalue weighted by molar-refractivity contribution is 5.96. The lowest BCUT2D eigenvalue weighted by molar-refractivity contribution is -0.125. The monoisotopic (exact) mass is 297 g/mol. The second-order valence-corrected chi connectivity index (χ2v) is 5.32. The molecule has 0 aliphatic carbocycles. The predicted molar refractivity (Wildman–Crippen MR) is 85.5 cm³/mol. The molecule has 1 aliphatic rings. The Hall–Kier alpha value is -2.49. The Kier molecular flexibility index (Phi) is 4.00. The molecule has 1 amide bonds. The number of nitrogens with one attached hydrogen (secondary N) is 1. The van der Waals surface area contributed by atoms with E-state index in [2.05, 4.69) is 12.2 Å². The standard InChI is InChI=1S/C18H19NO3/c1-3-13-8-6-7-12(2)17(13)19-18(20)16-11-21-14-9-4-5-10-15(14)22-16/h4-10,16H,3,11H2,1-2H3,(H,19,20). The van der Waals surface area contributed by atoms with E-state index in [9.17, 15) is 4.79 Å². The van der Waals surface area contributed by atoms with E-state index >= 15 is 0 Å². The molecular formula is C18H19NO3. The van der Waals surface area contributed by atoms with Crippen molar-refractivity contribution in [2.45, 2.75) is 26.4 Å². The highest BCUT2D eigenvalue weighted by atomic mass is 16.6. The summed E-state index contributed by atoms with van der Waals surface area (Å²) in [5, 5.41) is 2.99. The van der Waals surface area contributed by atoms with Gasteiger partial charge in [0, 0.05) is 5.69 Å². The van der Waals surface area contributed by atoms with Crippen LogP contribution in [0.5, 0.6) is 11.5 Å². The number of benzene rings is 2. The first-order valence-corrected chi connectivity index (χ1v) is 7.47. The van der Waals surface area contributed by atoms with Gasteiger partial charge in [-0.15, -0.1) is 0 Å². The minimum Gasteiger partial charge on any atom is -0.485 e. The van der Waals surface area contributed by atoms with Crippen LogP contribution in [0.3, 0.4) is 0 Å². The highest BCUT2D eigenvalue weighted by Crippen LogP contribution is 2.31. The van der Waals surface area contributed by atoms with Gasteiger partial charge in [-0.3, -0.25) is 4.79 Å². The fraction of sp³-hybridized carbons (Fsp3) is 0.278. The first kappa shape index (κ1) is 14.4.